The molecule has 3 aliphatic rings. The van der Waals surface area contributed by atoms with E-state index < -0.39 is 5.60 Å². The second-order valence-corrected chi connectivity index (χ2v) is 9.59. The number of nitrogens with two attached hydrogens (primary N) is 1. The first-order valence-electron chi connectivity index (χ1n) is 11.8. The van der Waals surface area contributed by atoms with E-state index in [0.29, 0.717) is 42.4 Å². The van der Waals surface area contributed by atoms with E-state index in [1.165, 1.54) is 11.9 Å². The summed E-state index contributed by atoms with van der Waals surface area (Å²) in [5, 5.41) is 0. The normalized spacial score (nSPS) is 24.4. The van der Waals surface area contributed by atoms with Gasteiger partial charge in [-0.3, -0.25) is 4.79 Å². The average Bonchev–Trinajstić information content (AvgIpc) is 2.84. The highest BCUT2D eigenvalue weighted by Gasteiger charge is 2.35. The number of ether oxygens (including phenoxy) is 2. The van der Waals surface area contributed by atoms with Crippen molar-refractivity contribution in [1.82, 2.24) is 14.9 Å². The van der Waals surface area contributed by atoms with Gasteiger partial charge in [0.05, 0.1) is 18.9 Å². The third kappa shape index (κ3) is 4.31. The van der Waals surface area contributed by atoms with E-state index in [9.17, 15) is 4.79 Å². The van der Waals surface area contributed by atoms with Crippen molar-refractivity contribution in [3.63, 3.8) is 0 Å². The number of amides is 1. The first kappa shape index (κ1) is 21.8. The van der Waals surface area contributed by atoms with Crippen LogP contribution in [0.4, 0.5) is 11.5 Å². The minimum absolute atomic E-state index is 0.154. The Kier molecular flexibility index (Phi) is 5.78. The zero-order valence-electron chi connectivity index (χ0n) is 19.3. The lowest BCUT2D eigenvalue weighted by Crippen LogP contribution is -2.44. The number of rotatable bonds is 3. The number of benzene rings is 1. The van der Waals surface area contributed by atoms with Crippen molar-refractivity contribution in [1.29, 1.82) is 0 Å². The molecule has 174 valence electrons. The molecule has 0 unspecified atom stereocenters. The number of carbonyl (C=O) groups excluding carboxylic acids is 1. The SMILES string of the molecule is CC1(C)Oc2ncnc(N)c2N=C1c1ccc(C2CCC(C(=O)N3CCOCC3)CC2)cc1. The molecule has 0 bridgehead atoms. The van der Waals surface area contributed by atoms with Gasteiger partial charge in [-0.15, -0.1) is 0 Å². The van der Waals surface area contributed by atoms with Crippen LogP contribution in [0.2, 0.25) is 0 Å². The fourth-order valence-corrected chi connectivity index (χ4v) is 5.13. The molecule has 0 radical (unpaired) electrons. The van der Waals surface area contributed by atoms with Crippen LogP contribution >= 0.6 is 0 Å². The van der Waals surface area contributed by atoms with Crippen LogP contribution in [0.3, 0.4) is 0 Å². The maximum Gasteiger partial charge on any atom is 0.246 e. The fraction of sp³-hybridized carbons (Fsp3) is 0.520. The van der Waals surface area contributed by atoms with Crippen molar-refractivity contribution in [2.45, 2.75) is 51.0 Å². The molecule has 1 aromatic heterocycles. The molecule has 2 fully saturated rings. The molecule has 1 aromatic carbocycles. The predicted octanol–water partition coefficient (Wildman–Crippen LogP) is 3.48. The third-order valence-electron chi connectivity index (χ3n) is 7.02. The monoisotopic (exact) mass is 449 g/mol. The highest BCUT2D eigenvalue weighted by Crippen LogP contribution is 2.40. The van der Waals surface area contributed by atoms with E-state index in [1.54, 1.807) is 0 Å². The number of fused-ring (bicyclic) bond motifs is 1. The van der Waals surface area contributed by atoms with E-state index >= 15 is 0 Å². The summed E-state index contributed by atoms with van der Waals surface area (Å²) in [4.78, 5) is 27.8. The van der Waals surface area contributed by atoms with E-state index in [4.69, 9.17) is 20.2 Å². The minimum atomic E-state index is -0.632. The van der Waals surface area contributed by atoms with Crippen molar-refractivity contribution in [3.8, 4) is 5.88 Å². The van der Waals surface area contributed by atoms with Crippen molar-refractivity contribution in [2.24, 2.45) is 10.9 Å². The van der Waals surface area contributed by atoms with Crippen LogP contribution in [-0.4, -0.2) is 58.4 Å². The molecule has 1 saturated heterocycles. The van der Waals surface area contributed by atoms with Crippen LogP contribution in [0.1, 0.15) is 56.6 Å². The first-order chi connectivity index (χ1) is 15.9. The second-order valence-electron chi connectivity index (χ2n) is 9.59. The summed E-state index contributed by atoms with van der Waals surface area (Å²) in [6.45, 7) is 6.73. The maximum atomic E-state index is 12.8. The lowest BCUT2D eigenvalue weighted by atomic mass is 9.78. The molecular formula is C25H31N5O3. The Bertz CT molecular complexity index is 1050. The predicted molar refractivity (Wildman–Crippen MR) is 126 cm³/mol. The Morgan fingerprint density at radius 3 is 2.45 bits per heavy atom. The molecule has 2 N–H and O–H groups in total. The van der Waals surface area contributed by atoms with Crippen LogP contribution in [0.25, 0.3) is 0 Å². The topological polar surface area (TPSA) is 103 Å². The van der Waals surface area contributed by atoms with Gasteiger partial charge in [0, 0.05) is 24.6 Å². The number of nitrogen functional groups attached to an aromatic ring is 1. The second kappa shape index (κ2) is 8.74. The van der Waals surface area contributed by atoms with E-state index in [1.807, 2.05) is 18.7 Å². The molecule has 2 aliphatic heterocycles. The van der Waals surface area contributed by atoms with E-state index in [-0.39, 0.29) is 5.92 Å². The minimum Gasteiger partial charge on any atom is -0.463 e. The van der Waals surface area contributed by atoms with Crippen LogP contribution in [-0.2, 0) is 9.53 Å². The first-order valence-corrected chi connectivity index (χ1v) is 11.8. The molecule has 8 heteroatoms. The molecule has 2 aromatic rings. The van der Waals surface area contributed by atoms with E-state index in [0.717, 1.165) is 50.0 Å². The van der Waals surface area contributed by atoms with Gasteiger partial charge in [-0.25, -0.2) is 9.98 Å². The van der Waals surface area contributed by atoms with Crippen molar-refractivity contribution in [3.05, 3.63) is 41.7 Å². The number of aromatic nitrogens is 2. The number of nitrogens with zero attached hydrogens (tertiary/aromatic N) is 4. The van der Waals surface area contributed by atoms with Gasteiger partial charge >= 0.3 is 0 Å². The lowest BCUT2D eigenvalue weighted by molar-refractivity contribution is -0.140. The quantitative estimate of drug-likeness (QED) is 0.770. The largest absolute Gasteiger partial charge is 0.463 e. The number of hydrogen-bond donors (Lipinski definition) is 1. The summed E-state index contributed by atoms with van der Waals surface area (Å²) in [5.41, 5.74) is 8.97. The fourth-order valence-electron chi connectivity index (χ4n) is 5.13. The van der Waals surface area contributed by atoms with Gasteiger partial charge in [0.25, 0.3) is 0 Å². The maximum absolute atomic E-state index is 12.8. The smallest absolute Gasteiger partial charge is 0.246 e. The molecule has 3 heterocycles. The summed E-state index contributed by atoms with van der Waals surface area (Å²) in [5.74, 6) is 1.67. The van der Waals surface area contributed by atoms with Gasteiger partial charge in [-0.1, -0.05) is 24.3 Å². The highest BCUT2D eigenvalue weighted by atomic mass is 16.5. The molecule has 0 spiro atoms. The number of morpholine rings is 1. The zero-order chi connectivity index (χ0) is 23.0. The van der Waals surface area contributed by atoms with Gasteiger partial charge in [-0.2, -0.15) is 4.98 Å². The Labute approximate surface area is 194 Å². The summed E-state index contributed by atoms with van der Waals surface area (Å²) < 4.78 is 11.5. The summed E-state index contributed by atoms with van der Waals surface area (Å²) in [6, 6.07) is 8.58. The Morgan fingerprint density at radius 1 is 1.06 bits per heavy atom. The number of anilines is 1. The molecule has 0 atom stereocenters. The molecule has 5 rings (SSSR count). The van der Waals surface area contributed by atoms with Crippen molar-refractivity contribution in [2.75, 3.05) is 32.0 Å². The van der Waals surface area contributed by atoms with Crippen molar-refractivity contribution >= 4 is 23.1 Å². The zero-order valence-corrected chi connectivity index (χ0v) is 19.3. The summed E-state index contributed by atoms with van der Waals surface area (Å²) in [6.07, 6.45) is 5.37. The summed E-state index contributed by atoms with van der Waals surface area (Å²) in [7, 11) is 0. The van der Waals surface area contributed by atoms with Crippen LogP contribution in [0.5, 0.6) is 5.88 Å². The van der Waals surface area contributed by atoms with Gasteiger partial charge in [-0.05, 0) is 51.0 Å². The van der Waals surface area contributed by atoms with Crippen LogP contribution < -0.4 is 10.5 Å². The number of hydrogen-bond acceptors (Lipinski definition) is 7. The Hall–Kier alpha value is -3.00. The molecule has 33 heavy (non-hydrogen) atoms. The summed E-state index contributed by atoms with van der Waals surface area (Å²) >= 11 is 0. The third-order valence-corrected chi connectivity index (χ3v) is 7.02. The van der Waals surface area contributed by atoms with E-state index in [2.05, 4.69) is 34.2 Å². The average molecular weight is 450 g/mol. The van der Waals surface area contributed by atoms with Gasteiger partial charge in [0.2, 0.25) is 11.8 Å². The molecule has 8 nitrogen and oxygen atoms in total. The Balaban J connectivity index is 1.28. The van der Waals surface area contributed by atoms with Gasteiger partial charge in [0.15, 0.2) is 11.5 Å². The van der Waals surface area contributed by atoms with Crippen LogP contribution in [0, 0.1) is 5.92 Å². The molecule has 1 saturated carbocycles. The number of carbonyl (C=O) groups is 1. The number of aliphatic imine (C=N–C) groups is 1. The lowest BCUT2D eigenvalue weighted by Gasteiger charge is -2.34. The molecule has 1 amide bonds. The van der Waals surface area contributed by atoms with Crippen LogP contribution in [0.15, 0.2) is 35.6 Å². The molecule has 1 aliphatic carbocycles. The Morgan fingerprint density at radius 2 is 1.76 bits per heavy atom. The highest BCUT2D eigenvalue weighted by molar-refractivity contribution is 6.09. The van der Waals surface area contributed by atoms with Crippen molar-refractivity contribution < 1.29 is 14.3 Å². The standard InChI is InChI=1S/C25H31N5O3/c1-25(2)21(29-20-22(26)27-15-28-23(20)33-25)18-7-3-16(4-8-18)17-5-9-19(10-6-17)24(31)30-11-13-32-14-12-30/h3-4,7-8,15,17,19H,5-6,9-14H2,1-2H3,(H2,26,27,28). The van der Waals surface area contributed by atoms with Gasteiger partial charge in [0.1, 0.15) is 11.9 Å². The van der Waals surface area contributed by atoms with Gasteiger partial charge < -0.3 is 20.1 Å². The molecular weight excluding hydrogens is 418 g/mol.